The summed E-state index contributed by atoms with van der Waals surface area (Å²) in [4.78, 5) is 12.6. The van der Waals surface area contributed by atoms with Gasteiger partial charge < -0.3 is 11.1 Å². The van der Waals surface area contributed by atoms with Crippen LogP contribution in [0.5, 0.6) is 0 Å². The lowest BCUT2D eigenvalue weighted by atomic mass is 9.94. The van der Waals surface area contributed by atoms with E-state index < -0.39 is 22.0 Å². The van der Waals surface area contributed by atoms with Gasteiger partial charge >= 0.3 is 0 Å². The summed E-state index contributed by atoms with van der Waals surface area (Å²) in [5.41, 5.74) is 9.16. The van der Waals surface area contributed by atoms with Crippen molar-refractivity contribution in [3.8, 4) is 0 Å². The molecule has 0 saturated carbocycles. The lowest BCUT2D eigenvalue weighted by Crippen LogP contribution is -2.30. The quantitative estimate of drug-likeness (QED) is 0.825. The highest BCUT2D eigenvalue weighted by Crippen LogP contribution is 2.30. The van der Waals surface area contributed by atoms with E-state index in [0.29, 0.717) is 24.3 Å². The van der Waals surface area contributed by atoms with Crippen LogP contribution in [0.3, 0.4) is 0 Å². The normalized spacial score (nSPS) is 18.1. The zero-order valence-corrected chi connectivity index (χ0v) is 16.4. The minimum Gasteiger partial charge on any atom is -0.326 e. The first-order valence-electron chi connectivity index (χ1n) is 9.02. The summed E-state index contributed by atoms with van der Waals surface area (Å²) in [5, 5.41) is 2.87. The molecule has 2 atom stereocenters. The Balaban J connectivity index is 1.77. The van der Waals surface area contributed by atoms with Crippen LogP contribution in [0.15, 0.2) is 48.5 Å². The van der Waals surface area contributed by atoms with Gasteiger partial charge in [0.1, 0.15) is 0 Å². The van der Waals surface area contributed by atoms with E-state index in [-0.39, 0.29) is 11.7 Å². The molecule has 0 aromatic heterocycles. The van der Waals surface area contributed by atoms with Crippen molar-refractivity contribution in [2.45, 2.75) is 26.3 Å². The monoisotopic (exact) mass is 387 g/mol. The van der Waals surface area contributed by atoms with Gasteiger partial charge in [-0.3, -0.25) is 9.10 Å². The third-order valence-electron chi connectivity index (χ3n) is 4.98. The molecule has 2 unspecified atom stereocenters. The van der Waals surface area contributed by atoms with Crippen molar-refractivity contribution >= 4 is 27.3 Å². The molecule has 27 heavy (non-hydrogen) atoms. The van der Waals surface area contributed by atoms with Gasteiger partial charge in [-0.15, -0.1) is 0 Å². The van der Waals surface area contributed by atoms with Gasteiger partial charge in [0.15, 0.2) is 0 Å². The van der Waals surface area contributed by atoms with Crippen LogP contribution in [0.25, 0.3) is 0 Å². The maximum absolute atomic E-state index is 12.6. The Morgan fingerprint density at radius 2 is 1.89 bits per heavy atom. The smallest absolute Gasteiger partial charge is 0.235 e. The summed E-state index contributed by atoms with van der Waals surface area (Å²) in [6, 6.07) is 14.4. The minimum atomic E-state index is -3.27. The second-order valence-electron chi connectivity index (χ2n) is 6.96. The van der Waals surface area contributed by atoms with Crippen LogP contribution in [-0.4, -0.2) is 26.6 Å². The minimum absolute atomic E-state index is 0.159. The van der Waals surface area contributed by atoms with Gasteiger partial charge in [-0.05, 0) is 36.6 Å². The van der Waals surface area contributed by atoms with Crippen LogP contribution in [0.1, 0.15) is 30.5 Å². The average molecular weight is 388 g/mol. The Bertz CT molecular complexity index is 929. The number of anilines is 2. The van der Waals surface area contributed by atoms with E-state index in [1.54, 1.807) is 19.1 Å². The van der Waals surface area contributed by atoms with Gasteiger partial charge in [-0.2, -0.15) is 0 Å². The number of hydrogen-bond donors (Lipinski definition) is 2. The molecule has 144 valence electrons. The molecule has 3 rings (SSSR count). The molecule has 1 heterocycles. The molecule has 1 fully saturated rings. The highest BCUT2D eigenvalue weighted by molar-refractivity contribution is 7.93. The molecule has 6 nitrogen and oxygen atoms in total. The Hall–Kier alpha value is -2.38. The second-order valence-corrected chi connectivity index (χ2v) is 8.97. The second kappa shape index (κ2) is 7.70. The third-order valence-corrected chi connectivity index (χ3v) is 6.84. The van der Waals surface area contributed by atoms with Gasteiger partial charge in [0.25, 0.3) is 0 Å². The van der Waals surface area contributed by atoms with Crippen molar-refractivity contribution in [1.82, 2.24) is 0 Å². The van der Waals surface area contributed by atoms with Crippen molar-refractivity contribution in [2.75, 3.05) is 21.9 Å². The Kier molecular flexibility index (Phi) is 5.53. The number of amides is 1. The summed E-state index contributed by atoms with van der Waals surface area (Å²) in [6.45, 7) is 4.12. The molecular weight excluding hydrogens is 362 g/mol. The fourth-order valence-corrected chi connectivity index (χ4v) is 4.87. The van der Waals surface area contributed by atoms with Gasteiger partial charge in [0.2, 0.25) is 15.9 Å². The van der Waals surface area contributed by atoms with E-state index >= 15 is 0 Å². The van der Waals surface area contributed by atoms with Gasteiger partial charge in [0, 0.05) is 18.3 Å². The lowest BCUT2D eigenvalue weighted by molar-refractivity contribution is -0.120. The molecule has 0 spiro atoms. The number of nitrogens with zero attached hydrogens (tertiary/aromatic N) is 1. The molecule has 7 heteroatoms. The lowest BCUT2D eigenvalue weighted by Gasteiger charge is -2.22. The molecule has 1 amide bonds. The fraction of sp³-hybridized carbons (Fsp3) is 0.350. The fourth-order valence-electron chi connectivity index (χ4n) is 3.25. The van der Waals surface area contributed by atoms with Crippen LogP contribution in [0.2, 0.25) is 0 Å². The van der Waals surface area contributed by atoms with Gasteiger partial charge in [0.05, 0.1) is 17.4 Å². The van der Waals surface area contributed by atoms with Gasteiger partial charge in [-0.25, -0.2) is 8.42 Å². The van der Waals surface area contributed by atoms with Gasteiger partial charge in [-0.1, -0.05) is 43.3 Å². The van der Waals surface area contributed by atoms with Crippen LogP contribution in [-0.2, 0) is 14.8 Å². The number of carbonyl (C=O) groups excluding carboxylic acids is 1. The molecular formula is C20H25N3O3S. The summed E-state index contributed by atoms with van der Waals surface area (Å²) in [5.74, 6) is -0.482. The number of carbonyl (C=O) groups is 1. The molecule has 0 bridgehead atoms. The topological polar surface area (TPSA) is 92.5 Å². The molecule has 1 aliphatic heterocycles. The zero-order chi connectivity index (χ0) is 19.6. The molecule has 2 aromatic carbocycles. The van der Waals surface area contributed by atoms with Crippen LogP contribution in [0.4, 0.5) is 11.4 Å². The Labute approximate surface area is 160 Å². The number of sulfonamides is 1. The number of hydrogen-bond acceptors (Lipinski definition) is 4. The molecule has 1 saturated heterocycles. The molecule has 0 aliphatic carbocycles. The van der Waals surface area contributed by atoms with Crippen LogP contribution < -0.4 is 15.4 Å². The van der Waals surface area contributed by atoms with Crippen molar-refractivity contribution in [2.24, 2.45) is 11.7 Å². The maximum atomic E-state index is 12.6. The average Bonchev–Trinajstić information content (AvgIpc) is 3.01. The summed E-state index contributed by atoms with van der Waals surface area (Å²) >= 11 is 0. The number of benzene rings is 2. The highest BCUT2D eigenvalue weighted by atomic mass is 32.2. The van der Waals surface area contributed by atoms with Crippen molar-refractivity contribution in [1.29, 1.82) is 0 Å². The van der Waals surface area contributed by atoms with E-state index in [1.807, 2.05) is 43.3 Å². The van der Waals surface area contributed by atoms with Crippen molar-refractivity contribution < 1.29 is 13.2 Å². The first-order valence-corrected chi connectivity index (χ1v) is 10.6. The summed E-state index contributed by atoms with van der Waals surface area (Å²) in [7, 11) is -3.27. The van der Waals surface area contributed by atoms with Crippen LogP contribution in [0, 0.1) is 12.8 Å². The predicted molar refractivity (Wildman–Crippen MR) is 108 cm³/mol. The molecule has 2 aromatic rings. The SMILES string of the molecule is Cc1ccc(NC(=O)C(C)C(N)c2ccccc2)cc1N1CCCS1(=O)=O. The highest BCUT2D eigenvalue weighted by Gasteiger charge is 2.30. The van der Waals surface area contributed by atoms with Crippen molar-refractivity contribution in [3.63, 3.8) is 0 Å². The summed E-state index contributed by atoms with van der Waals surface area (Å²) < 4.78 is 25.9. The zero-order valence-electron chi connectivity index (χ0n) is 15.6. The first kappa shape index (κ1) is 19.4. The number of nitrogens with one attached hydrogen (secondary N) is 1. The largest absolute Gasteiger partial charge is 0.326 e. The molecule has 0 radical (unpaired) electrons. The van der Waals surface area contributed by atoms with E-state index in [4.69, 9.17) is 5.73 Å². The Morgan fingerprint density at radius 3 is 2.52 bits per heavy atom. The third kappa shape index (κ3) is 4.14. The maximum Gasteiger partial charge on any atom is 0.235 e. The Morgan fingerprint density at radius 1 is 1.19 bits per heavy atom. The van der Waals surface area contributed by atoms with E-state index in [1.165, 1.54) is 4.31 Å². The van der Waals surface area contributed by atoms with E-state index in [0.717, 1.165) is 11.1 Å². The first-order chi connectivity index (χ1) is 12.8. The molecule has 1 aliphatic rings. The number of nitrogens with two attached hydrogens (primary N) is 1. The van der Waals surface area contributed by atoms with E-state index in [9.17, 15) is 13.2 Å². The predicted octanol–water partition coefficient (Wildman–Crippen LogP) is 2.81. The van der Waals surface area contributed by atoms with Crippen LogP contribution >= 0.6 is 0 Å². The summed E-state index contributed by atoms with van der Waals surface area (Å²) in [6.07, 6.45) is 0.612. The number of rotatable bonds is 5. The standard InChI is InChI=1S/C20H25N3O3S/c1-14-9-10-17(13-18(14)23-11-6-12-27(23,25)26)22-20(24)15(2)19(21)16-7-4-3-5-8-16/h3-5,7-10,13,15,19H,6,11-12,21H2,1-2H3,(H,22,24). The molecule has 3 N–H and O–H groups in total. The number of aryl methyl sites for hydroxylation is 1. The van der Waals surface area contributed by atoms with E-state index in [2.05, 4.69) is 5.32 Å². The van der Waals surface area contributed by atoms with Crippen molar-refractivity contribution in [3.05, 3.63) is 59.7 Å².